The third kappa shape index (κ3) is 7.02. The zero-order chi connectivity index (χ0) is 16.8. The molecule has 2 atom stereocenters. The molecule has 0 aromatic rings. The molecule has 1 rings (SSSR count). The molecule has 0 saturated carbocycles. The van der Waals surface area contributed by atoms with Crippen molar-refractivity contribution in [3.05, 3.63) is 0 Å². The smallest absolute Gasteiger partial charge is 0.373 e. The highest BCUT2D eigenvalue weighted by molar-refractivity contribution is 5.83. The summed E-state index contributed by atoms with van der Waals surface area (Å²) in [5.41, 5.74) is -0.133. The minimum Gasteiger partial charge on any atom is -0.462 e. The lowest BCUT2D eigenvalue weighted by atomic mass is 9.90. The monoisotopic (exact) mass is 302 g/mol. The Bertz CT molecular complexity index is 414. The molecule has 0 aromatic carbocycles. The fourth-order valence-corrected chi connectivity index (χ4v) is 1.42. The highest BCUT2D eigenvalue weighted by Gasteiger charge is 2.42. The van der Waals surface area contributed by atoms with E-state index in [2.05, 4.69) is 0 Å². The largest absolute Gasteiger partial charge is 0.462 e. The van der Waals surface area contributed by atoms with E-state index in [9.17, 15) is 9.59 Å². The number of carbonyl (C=O) groups is 2. The molecule has 0 N–H and O–H groups in total. The van der Waals surface area contributed by atoms with Crippen molar-refractivity contribution in [2.45, 2.75) is 66.0 Å². The Morgan fingerprint density at radius 1 is 1.38 bits per heavy atom. The van der Waals surface area contributed by atoms with E-state index in [4.69, 9.17) is 23.8 Å². The third-order valence-electron chi connectivity index (χ3n) is 2.92. The van der Waals surface area contributed by atoms with E-state index in [0.717, 1.165) is 0 Å². The van der Waals surface area contributed by atoms with Crippen molar-refractivity contribution in [1.82, 2.24) is 0 Å². The maximum absolute atomic E-state index is 11.7. The van der Waals surface area contributed by atoms with E-state index in [1.54, 1.807) is 13.8 Å². The summed E-state index contributed by atoms with van der Waals surface area (Å²) in [5, 5.41) is 0. The summed E-state index contributed by atoms with van der Waals surface area (Å²) >= 11 is 0. The average Bonchev–Trinajstić information content (AvgIpc) is 2.51. The van der Waals surface area contributed by atoms with E-state index in [0.29, 0.717) is 0 Å². The first-order chi connectivity index (χ1) is 9.42. The van der Waals surface area contributed by atoms with Gasteiger partial charge in [-0.05, 0) is 12.3 Å². The van der Waals surface area contributed by atoms with Gasteiger partial charge in [-0.3, -0.25) is 4.79 Å². The van der Waals surface area contributed by atoms with Gasteiger partial charge in [0.2, 0.25) is 5.79 Å². The normalized spacial score (nSPS) is 21.4. The van der Waals surface area contributed by atoms with Gasteiger partial charge in [0.15, 0.2) is 6.10 Å². The summed E-state index contributed by atoms with van der Waals surface area (Å²) in [5.74, 6) is -1.92. The predicted octanol–water partition coefficient (Wildman–Crippen LogP) is 1.45. The lowest BCUT2D eigenvalue weighted by Gasteiger charge is -2.27. The highest BCUT2D eigenvalue weighted by atomic mass is 16.8. The molecule has 1 aliphatic heterocycles. The molecule has 0 aliphatic carbocycles. The van der Waals surface area contributed by atoms with E-state index in [1.165, 1.54) is 0 Å². The van der Waals surface area contributed by atoms with Gasteiger partial charge < -0.3 is 14.2 Å². The molecular formula is C14H22O7. The summed E-state index contributed by atoms with van der Waals surface area (Å²) in [4.78, 5) is 39.4. The number of esters is 2. The Morgan fingerprint density at radius 3 is 2.19 bits per heavy atom. The van der Waals surface area contributed by atoms with Crippen LogP contribution in [0, 0.1) is 5.41 Å². The van der Waals surface area contributed by atoms with Crippen LogP contribution in [-0.4, -0.2) is 36.1 Å². The molecule has 7 nitrogen and oxygen atoms in total. The average molecular weight is 302 g/mol. The molecule has 0 aromatic heterocycles. The third-order valence-corrected chi connectivity index (χ3v) is 2.92. The fraction of sp³-hybridized carbons (Fsp3) is 0.786. The van der Waals surface area contributed by atoms with Crippen LogP contribution in [0.3, 0.4) is 0 Å². The second kappa shape index (κ2) is 7.33. The Hall–Kier alpha value is -1.72. The van der Waals surface area contributed by atoms with Gasteiger partial charge in [0.1, 0.15) is 6.10 Å². The van der Waals surface area contributed by atoms with Gasteiger partial charge in [-0.2, -0.15) is 9.59 Å². The van der Waals surface area contributed by atoms with Crippen LogP contribution < -0.4 is 0 Å². The van der Waals surface area contributed by atoms with E-state index in [1.807, 2.05) is 27.7 Å². The van der Waals surface area contributed by atoms with E-state index < -0.39 is 23.8 Å². The summed E-state index contributed by atoms with van der Waals surface area (Å²) < 4.78 is 15.6. The topological polar surface area (TPSA) is 96.0 Å². The van der Waals surface area contributed by atoms with Crippen molar-refractivity contribution in [3.63, 3.8) is 0 Å². The molecule has 0 bridgehead atoms. The Morgan fingerprint density at radius 2 is 1.86 bits per heavy atom. The van der Waals surface area contributed by atoms with Gasteiger partial charge >= 0.3 is 18.1 Å². The minimum atomic E-state index is -0.961. The molecule has 0 unspecified atom stereocenters. The van der Waals surface area contributed by atoms with Gasteiger partial charge in [-0.15, -0.1) is 0 Å². The van der Waals surface area contributed by atoms with Crippen molar-refractivity contribution in [1.29, 1.82) is 0 Å². The van der Waals surface area contributed by atoms with Gasteiger partial charge in [-0.1, -0.05) is 20.8 Å². The van der Waals surface area contributed by atoms with Crippen molar-refractivity contribution >= 4 is 18.1 Å². The summed E-state index contributed by atoms with van der Waals surface area (Å²) in [6.45, 7) is 11.0. The van der Waals surface area contributed by atoms with Crippen molar-refractivity contribution in [2.75, 3.05) is 0 Å². The van der Waals surface area contributed by atoms with Gasteiger partial charge in [0.25, 0.3) is 0 Å². The Balaban J connectivity index is 0.00000122. The molecule has 0 radical (unpaired) electrons. The standard InChI is InChI=1S/C13H22O5.CO2/c1-8(12(2,3)4)16-10(14)7-9-11(15)18-13(5,6)17-9;2-1-3/h8-9H,7H2,1-6H3;/t8-,9-;/m0./s1. The predicted molar refractivity (Wildman–Crippen MR) is 69.7 cm³/mol. The van der Waals surface area contributed by atoms with E-state index >= 15 is 0 Å². The highest BCUT2D eigenvalue weighted by Crippen LogP contribution is 2.27. The molecule has 21 heavy (non-hydrogen) atoms. The second-order valence-electron chi connectivity index (χ2n) is 6.21. The van der Waals surface area contributed by atoms with Crippen LogP contribution in [-0.2, 0) is 33.4 Å². The molecule has 0 spiro atoms. The van der Waals surface area contributed by atoms with Crippen LogP contribution in [0.25, 0.3) is 0 Å². The van der Waals surface area contributed by atoms with Crippen LogP contribution in [0.1, 0.15) is 48.0 Å². The summed E-state index contributed by atoms with van der Waals surface area (Å²) in [7, 11) is 0. The molecule has 1 saturated heterocycles. The van der Waals surface area contributed by atoms with Gasteiger partial charge in [0, 0.05) is 13.8 Å². The number of rotatable bonds is 3. The lowest BCUT2D eigenvalue weighted by molar-refractivity contribution is -0.191. The number of cyclic esters (lactones) is 1. The number of carbonyl (C=O) groups excluding carboxylic acids is 4. The second-order valence-corrected chi connectivity index (χ2v) is 6.21. The molecule has 120 valence electrons. The number of hydrogen-bond acceptors (Lipinski definition) is 7. The van der Waals surface area contributed by atoms with Crippen molar-refractivity contribution in [3.8, 4) is 0 Å². The van der Waals surface area contributed by atoms with E-state index in [-0.39, 0.29) is 24.1 Å². The van der Waals surface area contributed by atoms with Crippen LogP contribution >= 0.6 is 0 Å². The first-order valence-electron chi connectivity index (χ1n) is 6.52. The lowest BCUT2D eigenvalue weighted by Crippen LogP contribution is -2.31. The first kappa shape index (κ1) is 19.3. The van der Waals surface area contributed by atoms with Gasteiger partial charge in [-0.25, -0.2) is 4.79 Å². The molecule has 1 heterocycles. The number of hydrogen-bond donors (Lipinski definition) is 0. The Labute approximate surface area is 123 Å². The number of ether oxygens (including phenoxy) is 3. The maximum atomic E-state index is 11.7. The van der Waals surface area contributed by atoms with Crippen molar-refractivity contribution in [2.24, 2.45) is 5.41 Å². The minimum absolute atomic E-state index is 0.108. The molecule has 7 heteroatoms. The quantitative estimate of drug-likeness (QED) is 0.728. The SMILES string of the molecule is C[C@H](OC(=O)C[C@@H]1OC(C)(C)OC1=O)C(C)(C)C.O=C=O. The molecule has 0 amide bonds. The maximum Gasteiger partial charge on any atom is 0.373 e. The molecular weight excluding hydrogens is 280 g/mol. The van der Waals surface area contributed by atoms with Crippen molar-refractivity contribution < 1.29 is 33.4 Å². The summed E-state index contributed by atoms with van der Waals surface area (Å²) in [6, 6.07) is 0. The van der Waals surface area contributed by atoms with Crippen LogP contribution in [0.2, 0.25) is 0 Å². The fourth-order valence-electron chi connectivity index (χ4n) is 1.42. The first-order valence-corrected chi connectivity index (χ1v) is 6.52. The zero-order valence-corrected chi connectivity index (χ0v) is 13.2. The molecule has 1 aliphatic rings. The zero-order valence-electron chi connectivity index (χ0n) is 13.2. The summed E-state index contributed by atoms with van der Waals surface area (Å²) in [6.07, 6.45) is -0.946. The van der Waals surface area contributed by atoms with Crippen LogP contribution in [0.4, 0.5) is 0 Å². The van der Waals surface area contributed by atoms with Gasteiger partial charge in [0.05, 0.1) is 6.42 Å². The Kier molecular flexibility index (Phi) is 6.73. The molecule has 1 fully saturated rings. The van der Waals surface area contributed by atoms with Crippen LogP contribution in [0.15, 0.2) is 0 Å². The van der Waals surface area contributed by atoms with Crippen LogP contribution in [0.5, 0.6) is 0 Å².